The van der Waals surface area contributed by atoms with Gasteiger partial charge in [0.25, 0.3) is 20.0 Å². The predicted molar refractivity (Wildman–Crippen MR) is 105 cm³/mol. The molecular weight excluding hydrogens is 386 g/mol. The highest BCUT2D eigenvalue weighted by atomic mass is 32.2. The summed E-state index contributed by atoms with van der Waals surface area (Å²) in [5.41, 5.74) is 6.36. The first-order valence-corrected chi connectivity index (χ1v) is 10.8. The number of anilines is 3. The zero-order chi connectivity index (χ0) is 19.5. The molecule has 0 aromatic heterocycles. The summed E-state index contributed by atoms with van der Waals surface area (Å²) in [6, 6.07) is 19.9. The van der Waals surface area contributed by atoms with E-state index in [4.69, 9.17) is 5.73 Å². The fourth-order valence-electron chi connectivity index (χ4n) is 2.34. The molecule has 0 atom stereocenters. The molecule has 0 aliphatic rings. The molecule has 0 saturated heterocycles. The average Bonchev–Trinajstić information content (AvgIpc) is 2.65. The van der Waals surface area contributed by atoms with Crippen molar-refractivity contribution in [3.63, 3.8) is 0 Å². The van der Waals surface area contributed by atoms with E-state index in [0.717, 1.165) is 0 Å². The number of sulfonamides is 2. The van der Waals surface area contributed by atoms with E-state index in [2.05, 4.69) is 9.44 Å². The van der Waals surface area contributed by atoms with Crippen molar-refractivity contribution in [2.24, 2.45) is 0 Å². The molecule has 0 amide bonds. The lowest BCUT2D eigenvalue weighted by molar-refractivity contribution is 0.599. The molecule has 3 aromatic carbocycles. The highest BCUT2D eigenvalue weighted by Gasteiger charge is 2.17. The van der Waals surface area contributed by atoms with E-state index in [1.807, 2.05) is 0 Å². The van der Waals surface area contributed by atoms with E-state index in [1.54, 1.807) is 36.4 Å². The van der Waals surface area contributed by atoms with Crippen LogP contribution in [0.25, 0.3) is 0 Å². The molecule has 4 N–H and O–H groups in total. The molecule has 0 radical (unpaired) electrons. The highest BCUT2D eigenvalue weighted by Crippen LogP contribution is 2.27. The van der Waals surface area contributed by atoms with Crippen molar-refractivity contribution in [2.45, 2.75) is 9.79 Å². The Balaban J connectivity index is 1.82. The van der Waals surface area contributed by atoms with Gasteiger partial charge in [-0.2, -0.15) is 0 Å². The van der Waals surface area contributed by atoms with Gasteiger partial charge < -0.3 is 5.73 Å². The summed E-state index contributed by atoms with van der Waals surface area (Å²) in [6.45, 7) is 0. The summed E-state index contributed by atoms with van der Waals surface area (Å²) in [5, 5.41) is 0. The van der Waals surface area contributed by atoms with Crippen LogP contribution in [0.1, 0.15) is 0 Å². The number of nitrogen functional groups attached to an aromatic ring is 1. The molecule has 0 aliphatic heterocycles. The summed E-state index contributed by atoms with van der Waals surface area (Å²) in [6.07, 6.45) is 0. The van der Waals surface area contributed by atoms with Crippen LogP contribution < -0.4 is 15.2 Å². The third-order valence-electron chi connectivity index (χ3n) is 3.66. The van der Waals surface area contributed by atoms with Crippen LogP contribution in [0.2, 0.25) is 0 Å². The Kier molecular flexibility index (Phi) is 5.06. The Morgan fingerprint density at radius 1 is 0.630 bits per heavy atom. The molecule has 7 nitrogen and oxygen atoms in total. The van der Waals surface area contributed by atoms with Gasteiger partial charge in [-0.25, -0.2) is 16.8 Å². The molecule has 0 bridgehead atoms. The van der Waals surface area contributed by atoms with Crippen molar-refractivity contribution in [1.29, 1.82) is 0 Å². The van der Waals surface area contributed by atoms with E-state index >= 15 is 0 Å². The van der Waals surface area contributed by atoms with Crippen molar-refractivity contribution in [3.8, 4) is 0 Å². The smallest absolute Gasteiger partial charge is 0.261 e. The predicted octanol–water partition coefficient (Wildman–Crippen LogP) is 2.87. The highest BCUT2D eigenvalue weighted by molar-refractivity contribution is 7.93. The second kappa shape index (κ2) is 7.29. The lowest BCUT2D eigenvalue weighted by atomic mass is 10.2. The van der Waals surface area contributed by atoms with Crippen LogP contribution in [0, 0.1) is 0 Å². The van der Waals surface area contributed by atoms with E-state index in [9.17, 15) is 16.8 Å². The minimum Gasteiger partial charge on any atom is -0.397 e. The van der Waals surface area contributed by atoms with Crippen molar-refractivity contribution in [2.75, 3.05) is 15.2 Å². The number of hydrogen-bond donors (Lipinski definition) is 3. The molecule has 0 heterocycles. The monoisotopic (exact) mass is 403 g/mol. The molecule has 3 aromatic rings. The summed E-state index contributed by atoms with van der Waals surface area (Å²) >= 11 is 0. The zero-order valence-electron chi connectivity index (χ0n) is 14.0. The number of rotatable bonds is 6. The SMILES string of the molecule is Nc1cc(NS(=O)(=O)c2ccccc2)ccc1NS(=O)(=O)c1ccccc1. The van der Waals surface area contributed by atoms with Gasteiger partial charge in [-0.3, -0.25) is 9.44 Å². The van der Waals surface area contributed by atoms with Gasteiger partial charge in [0.1, 0.15) is 0 Å². The molecule has 27 heavy (non-hydrogen) atoms. The third kappa shape index (κ3) is 4.39. The summed E-state index contributed by atoms with van der Waals surface area (Å²) < 4.78 is 54.3. The van der Waals surface area contributed by atoms with Gasteiger partial charge in [-0.15, -0.1) is 0 Å². The number of nitrogens with one attached hydrogen (secondary N) is 2. The molecule has 0 aliphatic carbocycles. The molecule has 0 spiro atoms. The van der Waals surface area contributed by atoms with Gasteiger partial charge >= 0.3 is 0 Å². The number of nitrogens with two attached hydrogens (primary N) is 1. The van der Waals surface area contributed by atoms with Gasteiger partial charge in [0.15, 0.2) is 0 Å². The Morgan fingerprint density at radius 2 is 1.11 bits per heavy atom. The lowest BCUT2D eigenvalue weighted by Crippen LogP contribution is -2.15. The normalized spacial score (nSPS) is 11.7. The van der Waals surface area contributed by atoms with Gasteiger partial charge in [-0.1, -0.05) is 36.4 Å². The maximum absolute atomic E-state index is 12.4. The van der Waals surface area contributed by atoms with Crippen molar-refractivity contribution < 1.29 is 16.8 Å². The number of benzene rings is 3. The van der Waals surface area contributed by atoms with Crippen LogP contribution in [0.15, 0.2) is 88.7 Å². The molecule has 3 rings (SSSR count). The third-order valence-corrected chi connectivity index (χ3v) is 6.43. The van der Waals surface area contributed by atoms with Gasteiger partial charge in [-0.05, 0) is 42.5 Å². The van der Waals surface area contributed by atoms with Crippen molar-refractivity contribution in [1.82, 2.24) is 0 Å². The van der Waals surface area contributed by atoms with Crippen LogP contribution >= 0.6 is 0 Å². The minimum absolute atomic E-state index is 0.0859. The lowest BCUT2D eigenvalue weighted by Gasteiger charge is -2.13. The summed E-state index contributed by atoms with van der Waals surface area (Å²) in [4.78, 5) is 0.204. The van der Waals surface area contributed by atoms with E-state index in [1.165, 1.54) is 42.5 Å². The van der Waals surface area contributed by atoms with Crippen molar-refractivity contribution >= 4 is 37.1 Å². The first-order valence-electron chi connectivity index (χ1n) is 7.83. The molecule has 0 fully saturated rings. The topological polar surface area (TPSA) is 118 Å². The van der Waals surface area contributed by atoms with Crippen LogP contribution in [0.4, 0.5) is 17.1 Å². The van der Waals surface area contributed by atoms with Crippen LogP contribution in [-0.2, 0) is 20.0 Å². The quantitative estimate of drug-likeness (QED) is 0.547. The van der Waals surface area contributed by atoms with Crippen LogP contribution in [0.5, 0.6) is 0 Å². The first kappa shape index (κ1) is 18.7. The molecule has 0 saturated carbocycles. The Morgan fingerprint density at radius 3 is 1.59 bits per heavy atom. The van der Waals surface area contributed by atoms with Crippen molar-refractivity contribution in [3.05, 3.63) is 78.9 Å². The zero-order valence-corrected chi connectivity index (χ0v) is 15.7. The Bertz CT molecular complexity index is 1150. The van der Waals surface area contributed by atoms with E-state index < -0.39 is 20.0 Å². The second-order valence-corrected chi connectivity index (χ2v) is 9.00. The number of hydrogen-bond acceptors (Lipinski definition) is 5. The molecular formula is C18H17N3O4S2. The summed E-state index contributed by atoms with van der Waals surface area (Å²) in [5.74, 6) is 0. The molecule has 9 heteroatoms. The maximum Gasteiger partial charge on any atom is 0.261 e. The van der Waals surface area contributed by atoms with Crippen LogP contribution in [-0.4, -0.2) is 16.8 Å². The van der Waals surface area contributed by atoms with Gasteiger partial charge in [0, 0.05) is 0 Å². The molecule has 140 valence electrons. The first-order chi connectivity index (χ1) is 12.8. The van der Waals surface area contributed by atoms with E-state index in [0.29, 0.717) is 0 Å². The standard InChI is InChI=1S/C18H17N3O4S2/c19-17-13-14(20-26(22,23)15-7-3-1-4-8-15)11-12-18(17)21-27(24,25)16-9-5-2-6-10-16/h1-13,20-21H,19H2. The maximum atomic E-state index is 12.4. The fourth-order valence-corrected chi connectivity index (χ4v) is 4.52. The second-order valence-electron chi connectivity index (χ2n) is 5.64. The Hall–Kier alpha value is -3.04. The Labute approximate surface area is 158 Å². The molecule has 0 unspecified atom stereocenters. The largest absolute Gasteiger partial charge is 0.397 e. The fraction of sp³-hybridized carbons (Fsp3) is 0. The average molecular weight is 403 g/mol. The van der Waals surface area contributed by atoms with Gasteiger partial charge in [0.2, 0.25) is 0 Å². The summed E-state index contributed by atoms with van der Waals surface area (Å²) in [7, 11) is -7.56. The van der Waals surface area contributed by atoms with Crippen LogP contribution in [0.3, 0.4) is 0 Å². The minimum atomic E-state index is -3.80. The van der Waals surface area contributed by atoms with E-state index in [-0.39, 0.29) is 26.9 Å². The van der Waals surface area contributed by atoms with Gasteiger partial charge in [0.05, 0.1) is 26.9 Å².